The molecule has 11 heteroatoms. The number of non-ortho nitro benzene ring substituents is 1. The molecule has 0 aliphatic carbocycles. The number of hydrogen-bond donors (Lipinski definition) is 2. The molecule has 0 radical (unpaired) electrons. The van der Waals surface area contributed by atoms with E-state index in [1.54, 1.807) is 24.3 Å². The SMILES string of the molecule is COC(=O)c1ccc(C2c3[nH]c4ccccc4c3CC(C(=O)OC)N2C(=O)Nc2ccc([N+](=O)[O-])cc2)cc1. The highest BCUT2D eigenvalue weighted by Gasteiger charge is 2.44. The number of hydrogen-bond acceptors (Lipinski definition) is 7. The number of aromatic amines is 1. The molecule has 0 bridgehead atoms. The van der Waals surface area contributed by atoms with E-state index in [2.05, 4.69) is 10.3 Å². The highest BCUT2D eigenvalue weighted by atomic mass is 16.6. The molecule has 2 N–H and O–H groups in total. The summed E-state index contributed by atoms with van der Waals surface area (Å²) in [6, 6.07) is 17.3. The molecule has 1 aliphatic heterocycles. The number of carbonyl (C=O) groups excluding carboxylic acids is 3. The van der Waals surface area contributed by atoms with Crippen LogP contribution in [0.4, 0.5) is 16.2 Å². The third-order valence-electron chi connectivity index (χ3n) is 6.82. The fourth-order valence-electron chi connectivity index (χ4n) is 4.98. The molecular weight excluding hydrogens is 504 g/mol. The van der Waals surface area contributed by atoms with E-state index in [9.17, 15) is 24.5 Å². The minimum absolute atomic E-state index is 0.121. The van der Waals surface area contributed by atoms with Crippen LogP contribution in [0.2, 0.25) is 0 Å². The zero-order chi connectivity index (χ0) is 27.7. The molecule has 1 aliphatic rings. The lowest BCUT2D eigenvalue weighted by Gasteiger charge is -2.40. The van der Waals surface area contributed by atoms with E-state index in [0.29, 0.717) is 16.8 Å². The van der Waals surface area contributed by atoms with Gasteiger partial charge in [-0.25, -0.2) is 14.4 Å². The third kappa shape index (κ3) is 4.65. The number of carbonyl (C=O) groups is 3. The normalized spacial score (nSPS) is 16.3. The third-order valence-corrected chi connectivity index (χ3v) is 6.82. The summed E-state index contributed by atoms with van der Waals surface area (Å²) in [5, 5.41) is 14.7. The second-order valence-corrected chi connectivity index (χ2v) is 8.96. The van der Waals surface area contributed by atoms with Crippen molar-refractivity contribution in [3.05, 3.63) is 105 Å². The summed E-state index contributed by atoms with van der Waals surface area (Å²) in [7, 11) is 2.55. The van der Waals surface area contributed by atoms with Gasteiger partial charge < -0.3 is 19.8 Å². The van der Waals surface area contributed by atoms with Crippen LogP contribution >= 0.6 is 0 Å². The number of nitro groups is 1. The number of rotatable bonds is 5. The van der Waals surface area contributed by atoms with Gasteiger partial charge in [0.15, 0.2) is 0 Å². The average Bonchev–Trinajstić information content (AvgIpc) is 3.34. The number of benzene rings is 3. The van der Waals surface area contributed by atoms with Crippen molar-refractivity contribution in [1.29, 1.82) is 0 Å². The summed E-state index contributed by atoms with van der Waals surface area (Å²) < 4.78 is 9.92. The van der Waals surface area contributed by atoms with Crippen LogP contribution < -0.4 is 5.32 Å². The number of nitro benzene ring substituents is 1. The monoisotopic (exact) mass is 528 g/mol. The van der Waals surface area contributed by atoms with Gasteiger partial charge in [-0.1, -0.05) is 30.3 Å². The number of urea groups is 1. The number of nitrogens with one attached hydrogen (secondary N) is 2. The van der Waals surface area contributed by atoms with E-state index in [-0.39, 0.29) is 12.1 Å². The Bertz CT molecular complexity index is 1580. The maximum Gasteiger partial charge on any atom is 0.337 e. The van der Waals surface area contributed by atoms with Crippen molar-refractivity contribution in [2.24, 2.45) is 0 Å². The summed E-state index contributed by atoms with van der Waals surface area (Å²) in [5.41, 5.74) is 3.62. The molecule has 3 aromatic carbocycles. The lowest BCUT2D eigenvalue weighted by molar-refractivity contribution is -0.384. The van der Waals surface area contributed by atoms with Crippen molar-refractivity contribution >= 4 is 40.2 Å². The maximum absolute atomic E-state index is 13.8. The van der Waals surface area contributed by atoms with E-state index in [1.807, 2.05) is 24.3 Å². The van der Waals surface area contributed by atoms with E-state index in [1.165, 1.54) is 43.4 Å². The Kier molecular flexibility index (Phi) is 6.72. The van der Waals surface area contributed by atoms with E-state index >= 15 is 0 Å². The average molecular weight is 529 g/mol. The topological polar surface area (TPSA) is 144 Å². The lowest BCUT2D eigenvalue weighted by atomic mass is 9.88. The second-order valence-electron chi connectivity index (χ2n) is 8.96. The first-order chi connectivity index (χ1) is 18.8. The molecule has 39 heavy (non-hydrogen) atoms. The molecule has 198 valence electrons. The molecule has 11 nitrogen and oxygen atoms in total. The van der Waals surface area contributed by atoms with Gasteiger partial charge in [0.25, 0.3) is 5.69 Å². The Morgan fingerprint density at radius 1 is 0.974 bits per heavy atom. The number of H-pyrrole nitrogens is 1. The highest BCUT2D eigenvalue weighted by Crippen LogP contribution is 2.41. The standard InChI is InChI=1S/C28H24N4O7/c1-38-26(33)17-9-7-16(8-10-17)25-24-21(20-5-3-4-6-22(20)30-24)15-23(27(34)39-2)31(25)28(35)29-18-11-13-19(14-12-18)32(36)37/h3-14,23,25,30H,15H2,1-2H3,(H,29,35). The Morgan fingerprint density at radius 3 is 2.31 bits per heavy atom. The van der Waals surface area contributed by atoms with Gasteiger partial charge in [-0.2, -0.15) is 0 Å². The van der Waals surface area contributed by atoms with Gasteiger partial charge in [-0.15, -0.1) is 0 Å². The highest BCUT2D eigenvalue weighted by molar-refractivity contribution is 5.95. The fraction of sp³-hybridized carbons (Fsp3) is 0.179. The zero-order valence-corrected chi connectivity index (χ0v) is 21.0. The van der Waals surface area contributed by atoms with Crippen LogP contribution in [-0.2, 0) is 20.7 Å². The van der Waals surface area contributed by atoms with Gasteiger partial charge >= 0.3 is 18.0 Å². The minimum atomic E-state index is -0.981. The number of esters is 2. The number of amides is 2. The molecular formula is C28H24N4O7. The number of aromatic nitrogens is 1. The van der Waals surface area contributed by atoms with Crippen molar-refractivity contribution in [3.63, 3.8) is 0 Å². The van der Waals surface area contributed by atoms with Gasteiger partial charge in [-0.05, 0) is 41.5 Å². The molecule has 0 saturated carbocycles. The van der Waals surface area contributed by atoms with Gasteiger partial charge in [0.1, 0.15) is 12.1 Å². The van der Waals surface area contributed by atoms with Crippen LogP contribution in [0.3, 0.4) is 0 Å². The number of anilines is 1. The molecule has 2 unspecified atom stereocenters. The number of para-hydroxylation sites is 1. The van der Waals surface area contributed by atoms with Gasteiger partial charge in [-0.3, -0.25) is 15.0 Å². The van der Waals surface area contributed by atoms with Crippen molar-refractivity contribution in [1.82, 2.24) is 9.88 Å². The predicted molar refractivity (Wildman–Crippen MR) is 141 cm³/mol. The molecule has 2 atom stereocenters. The molecule has 4 aromatic rings. The first-order valence-corrected chi connectivity index (χ1v) is 12.0. The van der Waals surface area contributed by atoms with E-state index in [4.69, 9.17) is 9.47 Å². The summed E-state index contributed by atoms with van der Waals surface area (Å²) in [6.45, 7) is 0. The number of methoxy groups -OCH3 is 2. The summed E-state index contributed by atoms with van der Waals surface area (Å²) in [4.78, 5) is 54.3. The smallest absolute Gasteiger partial charge is 0.337 e. The summed E-state index contributed by atoms with van der Waals surface area (Å²) in [6.07, 6.45) is 0.205. The van der Waals surface area contributed by atoms with Gasteiger partial charge in [0, 0.05) is 40.8 Å². The molecule has 0 saturated heterocycles. The van der Waals surface area contributed by atoms with Crippen LogP contribution in [-0.4, -0.2) is 53.0 Å². The second kappa shape index (κ2) is 10.3. The van der Waals surface area contributed by atoms with Gasteiger partial charge in [0.05, 0.1) is 24.7 Å². The van der Waals surface area contributed by atoms with Crippen molar-refractivity contribution in [2.45, 2.75) is 18.5 Å². The summed E-state index contributed by atoms with van der Waals surface area (Å²) >= 11 is 0. The number of ether oxygens (including phenoxy) is 2. The Labute approximate surface area is 222 Å². The maximum atomic E-state index is 13.8. The van der Waals surface area contributed by atoms with Crippen LogP contribution in [0.1, 0.15) is 33.2 Å². The van der Waals surface area contributed by atoms with Crippen molar-refractivity contribution < 1.29 is 28.8 Å². The largest absolute Gasteiger partial charge is 0.467 e. The molecule has 2 heterocycles. The van der Waals surface area contributed by atoms with Crippen LogP contribution in [0.25, 0.3) is 10.9 Å². The van der Waals surface area contributed by atoms with Crippen molar-refractivity contribution in [3.8, 4) is 0 Å². The molecule has 2 amide bonds. The minimum Gasteiger partial charge on any atom is -0.467 e. The fourth-order valence-corrected chi connectivity index (χ4v) is 4.98. The predicted octanol–water partition coefficient (Wildman–Crippen LogP) is 4.58. The van der Waals surface area contributed by atoms with Crippen LogP contribution in [0, 0.1) is 10.1 Å². The molecule has 5 rings (SSSR count). The van der Waals surface area contributed by atoms with Crippen molar-refractivity contribution in [2.75, 3.05) is 19.5 Å². The lowest BCUT2D eigenvalue weighted by Crippen LogP contribution is -2.53. The Balaban J connectivity index is 1.63. The van der Waals surface area contributed by atoms with E-state index in [0.717, 1.165) is 22.2 Å². The van der Waals surface area contributed by atoms with Gasteiger partial charge in [0.2, 0.25) is 0 Å². The Hall–Kier alpha value is -5.19. The molecule has 0 spiro atoms. The molecule has 0 fully saturated rings. The zero-order valence-electron chi connectivity index (χ0n) is 21.0. The quantitative estimate of drug-likeness (QED) is 0.219. The first kappa shape index (κ1) is 25.5. The Morgan fingerprint density at radius 2 is 1.67 bits per heavy atom. The number of nitrogens with zero attached hydrogens (tertiary/aromatic N) is 2. The van der Waals surface area contributed by atoms with Crippen LogP contribution in [0.5, 0.6) is 0 Å². The van der Waals surface area contributed by atoms with E-state index < -0.39 is 35.0 Å². The summed E-state index contributed by atoms with van der Waals surface area (Å²) in [5.74, 6) is -1.10. The first-order valence-electron chi connectivity index (χ1n) is 12.0. The molecule has 1 aromatic heterocycles. The van der Waals surface area contributed by atoms with Crippen LogP contribution in [0.15, 0.2) is 72.8 Å². The number of fused-ring (bicyclic) bond motifs is 3.